The molecule has 0 spiro atoms. The molecule has 4 heteroatoms. The first-order valence-electron chi connectivity index (χ1n) is 4.17. The summed E-state index contributed by atoms with van der Waals surface area (Å²) in [6.07, 6.45) is 0.988. The number of hydrogen-bond donors (Lipinski definition) is 1. The first-order chi connectivity index (χ1) is 6.18. The van der Waals surface area contributed by atoms with E-state index >= 15 is 0 Å². The molecule has 0 radical (unpaired) electrons. The van der Waals surface area contributed by atoms with Crippen molar-refractivity contribution in [2.24, 2.45) is 5.73 Å². The smallest absolute Gasteiger partial charge is 0.231 e. The Labute approximate surface area is 82.2 Å². The molecule has 3 nitrogen and oxygen atoms in total. The molecule has 0 aliphatic heterocycles. The molecule has 0 bridgehead atoms. The monoisotopic (exact) mass is 198 g/mol. The molecule has 0 saturated heterocycles. The van der Waals surface area contributed by atoms with Crippen molar-refractivity contribution in [3.63, 3.8) is 0 Å². The minimum Gasteiger partial charge on any atom is -0.369 e. The summed E-state index contributed by atoms with van der Waals surface area (Å²) in [7, 11) is 1.90. The van der Waals surface area contributed by atoms with Crippen molar-refractivity contribution < 1.29 is 4.79 Å². The van der Waals surface area contributed by atoms with E-state index in [1.165, 1.54) is 4.88 Å². The molecular formula is C9H14N2OS. The zero-order valence-electron chi connectivity index (χ0n) is 7.69. The predicted octanol–water partition coefficient (Wildman–Crippen LogP) is 0.708. The lowest BCUT2D eigenvalue weighted by Gasteiger charge is -2.12. The molecule has 1 heterocycles. The van der Waals surface area contributed by atoms with E-state index in [4.69, 9.17) is 5.73 Å². The highest BCUT2D eigenvalue weighted by molar-refractivity contribution is 7.09. The van der Waals surface area contributed by atoms with Gasteiger partial charge in [0.05, 0.1) is 6.54 Å². The molecule has 0 aliphatic carbocycles. The van der Waals surface area contributed by atoms with E-state index in [2.05, 4.69) is 11.4 Å². The van der Waals surface area contributed by atoms with Crippen LogP contribution in [0.3, 0.4) is 0 Å². The van der Waals surface area contributed by atoms with Crippen LogP contribution < -0.4 is 5.73 Å². The SMILES string of the molecule is CN(CCc1cccs1)CC(N)=O. The standard InChI is InChI=1S/C9H14N2OS/c1-11(7-9(10)12)5-4-8-3-2-6-13-8/h2-3,6H,4-5,7H2,1H3,(H2,10,12). The van der Waals surface area contributed by atoms with Gasteiger partial charge in [-0.05, 0) is 24.9 Å². The summed E-state index contributed by atoms with van der Waals surface area (Å²) in [6, 6.07) is 4.14. The van der Waals surface area contributed by atoms with E-state index in [9.17, 15) is 4.79 Å². The third-order valence-electron chi connectivity index (χ3n) is 1.75. The number of likely N-dealkylation sites (N-methyl/N-ethyl adjacent to an activating group) is 1. The highest BCUT2D eigenvalue weighted by Gasteiger charge is 2.02. The molecule has 1 aromatic heterocycles. The summed E-state index contributed by atoms with van der Waals surface area (Å²) < 4.78 is 0. The lowest BCUT2D eigenvalue weighted by molar-refractivity contribution is -0.118. The number of carbonyl (C=O) groups excluding carboxylic acids is 1. The zero-order valence-corrected chi connectivity index (χ0v) is 8.51. The number of thiophene rings is 1. The number of primary amides is 1. The van der Waals surface area contributed by atoms with Gasteiger partial charge in [-0.3, -0.25) is 9.69 Å². The van der Waals surface area contributed by atoms with Crippen LogP contribution in [0.15, 0.2) is 17.5 Å². The lowest BCUT2D eigenvalue weighted by Crippen LogP contribution is -2.31. The normalized spacial score (nSPS) is 10.6. The van der Waals surface area contributed by atoms with Crippen LogP contribution in [-0.4, -0.2) is 30.9 Å². The molecule has 0 atom stereocenters. The average Bonchev–Trinajstić information content (AvgIpc) is 2.51. The molecule has 2 N–H and O–H groups in total. The molecule has 1 aromatic rings. The Morgan fingerprint density at radius 3 is 3.00 bits per heavy atom. The van der Waals surface area contributed by atoms with Gasteiger partial charge in [-0.25, -0.2) is 0 Å². The van der Waals surface area contributed by atoms with Crippen molar-refractivity contribution in [1.82, 2.24) is 4.90 Å². The molecule has 72 valence electrons. The van der Waals surface area contributed by atoms with Gasteiger partial charge in [0.1, 0.15) is 0 Å². The third kappa shape index (κ3) is 4.05. The second-order valence-electron chi connectivity index (χ2n) is 3.03. The Morgan fingerprint density at radius 1 is 1.69 bits per heavy atom. The molecule has 0 aliphatic rings. The van der Waals surface area contributed by atoms with Gasteiger partial charge in [0.25, 0.3) is 0 Å². The zero-order chi connectivity index (χ0) is 9.68. The Hall–Kier alpha value is -0.870. The van der Waals surface area contributed by atoms with E-state index in [0.717, 1.165) is 13.0 Å². The number of carbonyl (C=O) groups is 1. The average molecular weight is 198 g/mol. The topological polar surface area (TPSA) is 46.3 Å². The van der Waals surface area contributed by atoms with E-state index < -0.39 is 0 Å². The Kier molecular flexibility index (Phi) is 3.92. The molecule has 1 rings (SSSR count). The maximum atomic E-state index is 10.6. The van der Waals surface area contributed by atoms with Crippen LogP contribution in [0.2, 0.25) is 0 Å². The molecule has 1 amide bonds. The van der Waals surface area contributed by atoms with Crippen molar-refractivity contribution in [2.45, 2.75) is 6.42 Å². The largest absolute Gasteiger partial charge is 0.369 e. The lowest BCUT2D eigenvalue weighted by atomic mass is 10.3. The van der Waals surface area contributed by atoms with Crippen molar-refractivity contribution in [1.29, 1.82) is 0 Å². The van der Waals surface area contributed by atoms with Crippen LogP contribution in [-0.2, 0) is 11.2 Å². The van der Waals surface area contributed by atoms with Gasteiger partial charge in [0.15, 0.2) is 0 Å². The number of hydrogen-bond acceptors (Lipinski definition) is 3. The van der Waals surface area contributed by atoms with Crippen LogP contribution in [0, 0.1) is 0 Å². The maximum Gasteiger partial charge on any atom is 0.231 e. The van der Waals surface area contributed by atoms with Crippen molar-refractivity contribution >= 4 is 17.2 Å². The molecule has 13 heavy (non-hydrogen) atoms. The van der Waals surface area contributed by atoms with E-state index in [-0.39, 0.29) is 5.91 Å². The van der Waals surface area contributed by atoms with Gasteiger partial charge in [-0.1, -0.05) is 6.07 Å². The number of nitrogens with two attached hydrogens (primary N) is 1. The van der Waals surface area contributed by atoms with Gasteiger partial charge in [-0.2, -0.15) is 0 Å². The second-order valence-corrected chi connectivity index (χ2v) is 4.07. The van der Waals surface area contributed by atoms with Crippen LogP contribution in [0.4, 0.5) is 0 Å². The predicted molar refractivity (Wildman–Crippen MR) is 54.7 cm³/mol. The Balaban J connectivity index is 2.22. The minimum atomic E-state index is -0.270. The molecule has 0 saturated carbocycles. The highest BCUT2D eigenvalue weighted by atomic mass is 32.1. The summed E-state index contributed by atoms with van der Waals surface area (Å²) in [6.45, 7) is 1.22. The summed E-state index contributed by atoms with van der Waals surface area (Å²) in [5.41, 5.74) is 5.06. The fraction of sp³-hybridized carbons (Fsp3) is 0.444. The van der Waals surface area contributed by atoms with Gasteiger partial charge < -0.3 is 5.73 Å². The minimum absolute atomic E-state index is 0.270. The number of nitrogens with zero attached hydrogens (tertiary/aromatic N) is 1. The molecular weight excluding hydrogens is 184 g/mol. The fourth-order valence-corrected chi connectivity index (χ4v) is 1.80. The maximum absolute atomic E-state index is 10.6. The van der Waals surface area contributed by atoms with Crippen molar-refractivity contribution in [3.05, 3.63) is 22.4 Å². The number of amides is 1. The summed E-state index contributed by atoms with van der Waals surface area (Å²) in [5.74, 6) is -0.270. The summed E-state index contributed by atoms with van der Waals surface area (Å²) in [4.78, 5) is 13.8. The molecule has 0 aromatic carbocycles. The quantitative estimate of drug-likeness (QED) is 0.757. The highest BCUT2D eigenvalue weighted by Crippen LogP contribution is 2.08. The fourth-order valence-electron chi connectivity index (χ4n) is 1.10. The van der Waals surface area contributed by atoms with E-state index in [1.807, 2.05) is 18.0 Å². The Morgan fingerprint density at radius 2 is 2.46 bits per heavy atom. The third-order valence-corrected chi connectivity index (χ3v) is 2.68. The van der Waals surface area contributed by atoms with Crippen molar-refractivity contribution in [2.75, 3.05) is 20.1 Å². The molecule has 0 unspecified atom stereocenters. The first-order valence-corrected chi connectivity index (χ1v) is 5.05. The summed E-state index contributed by atoms with van der Waals surface area (Å²) in [5, 5.41) is 2.06. The molecule has 0 fully saturated rings. The van der Waals surface area contributed by atoms with Crippen LogP contribution >= 0.6 is 11.3 Å². The number of rotatable bonds is 5. The van der Waals surface area contributed by atoms with Gasteiger partial charge in [-0.15, -0.1) is 11.3 Å². The first kappa shape index (κ1) is 10.2. The van der Waals surface area contributed by atoms with Gasteiger partial charge >= 0.3 is 0 Å². The van der Waals surface area contributed by atoms with Gasteiger partial charge in [0, 0.05) is 11.4 Å². The Bertz CT molecular complexity index is 259. The van der Waals surface area contributed by atoms with Gasteiger partial charge in [0.2, 0.25) is 5.91 Å². The van der Waals surface area contributed by atoms with Crippen LogP contribution in [0.1, 0.15) is 4.88 Å². The van der Waals surface area contributed by atoms with E-state index in [0.29, 0.717) is 6.54 Å². The van der Waals surface area contributed by atoms with Crippen LogP contribution in [0.25, 0.3) is 0 Å². The van der Waals surface area contributed by atoms with Crippen molar-refractivity contribution in [3.8, 4) is 0 Å². The summed E-state index contributed by atoms with van der Waals surface area (Å²) >= 11 is 1.74. The van der Waals surface area contributed by atoms with E-state index in [1.54, 1.807) is 11.3 Å². The van der Waals surface area contributed by atoms with Crippen LogP contribution in [0.5, 0.6) is 0 Å². The second kappa shape index (κ2) is 4.99.